The summed E-state index contributed by atoms with van der Waals surface area (Å²) in [7, 11) is 1.25. The Morgan fingerprint density at radius 1 is 1.12 bits per heavy atom. The molecule has 0 unspecified atom stereocenters. The van der Waals surface area contributed by atoms with Crippen LogP contribution in [0.15, 0.2) is 63.1 Å². The molecule has 0 saturated carbocycles. The first-order valence-corrected chi connectivity index (χ1v) is 11.2. The van der Waals surface area contributed by atoms with Crippen molar-refractivity contribution < 1.29 is 14.3 Å². The number of methoxy groups -OCH3 is 1. The maximum Gasteiger partial charge on any atom is 0.335 e. The first kappa shape index (κ1) is 25.0. The van der Waals surface area contributed by atoms with Crippen LogP contribution in [-0.2, 0) is 16.1 Å². The Morgan fingerprint density at radius 2 is 1.79 bits per heavy atom. The lowest BCUT2D eigenvalue weighted by atomic mass is 10.2. The molecule has 1 N–H and O–H groups in total. The lowest BCUT2D eigenvalue weighted by molar-refractivity contribution is -0.141. The van der Waals surface area contributed by atoms with E-state index >= 15 is 0 Å². The smallest absolute Gasteiger partial charge is 0.335 e. The molecule has 0 saturated heterocycles. The maximum atomic E-state index is 13.4. The lowest BCUT2D eigenvalue weighted by Crippen LogP contribution is -2.51. The topological polar surface area (TPSA) is 108 Å². The quantitative estimate of drug-likeness (QED) is 0.467. The van der Waals surface area contributed by atoms with Crippen molar-refractivity contribution in [3.8, 4) is 5.75 Å². The molecular weight excluding hydrogens is 460 g/mol. The zero-order valence-electron chi connectivity index (χ0n) is 19.3. The van der Waals surface area contributed by atoms with E-state index in [4.69, 9.17) is 16.3 Å². The van der Waals surface area contributed by atoms with Crippen molar-refractivity contribution in [2.75, 3.05) is 13.7 Å². The van der Waals surface area contributed by atoms with Gasteiger partial charge in [-0.2, -0.15) is 0 Å². The van der Waals surface area contributed by atoms with Crippen molar-refractivity contribution in [1.82, 2.24) is 14.1 Å². The van der Waals surface area contributed by atoms with Crippen molar-refractivity contribution in [3.63, 3.8) is 0 Å². The number of rotatable bonds is 9. The Balaban J connectivity index is 2.11. The molecule has 0 aliphatic heterocycles. The molecule has 1 atom stereocenters. The number of hydrogen-bond donors (Lipinski definition) is 1. The Morgan fingerprint density at radius 3 is 2.41 bits per heavy atom. The van der Waals surface area contributed by atoms with Gasteiger partial charge in [-0.15, -0.1) is 0 Å². The molecule has 3 rings (SSSR count). The predicted octanol–water partition coefficient (Wildman–Crippen LogP) is 3.19. The van der Waals surface area contributed by atoms with Gasteiger partial charge in [0.25, 0.3) is 0 Å². The zero-order chi connectivity index (χ0) is 24.7. The highest BCUT2D eigenvalue weighted by Crippen LogP contribution is 2.17. The monoisotopic (exact) mass is 486 g/mol. The molecule has 2 aromatic carbocycles. The van der Waals surface area contributed by atoms with E-state index in [1.54, 1.807) is 55.5 Å². The van der Waals surface area contributed by atoms with Crippen molar-refractivity contribution in [2.45, 2.75) is 39.3 Å². The van der Waals surface area contributed by atoms with E-state index in [1.807, 2.05) is 6.92 Å². The Labute approximate surface area is 201 Å². The van der Waals surface area contributed by atoms with Crippen molar-refractivity contribution >= 4 is 23.3 Å². The van der Waals surface area contributed by atoms with Gasteiger partial charge in [-0.25, -0.2) is 19.1 Å². The summed E-state index contributed by atoms with van der Waals surface area (Å²) in [6.07, 6.45) is 0.763. The van der Waals surface area contributed by atoms with Crippen LogP contribution in [-0.4, -0.2) is 33.8 Å². The molecule has 180 valence electrons. The van der Waals surface area contributed by atoms with Gasteiger partial charge < -0.3 is 9.47 Å². The fraction of sp³-hybridized carbons (Fsp3) is 0.333. The number of nitrogens with zero attached hydrogens (tertiary/aromatic N) is 3. The largest absolute Gasteiger partial charge is 0.494 e. The number of carbonyl (C=O) groups is 1. The highest BCUT2D eigenvalue weighted by atomic mass is 35.5. The van der Waals surface area contributed by atoms with Gasteiger partial charge in [0.1, 0.15) is 5.75 Å². The van der Waals surface area contributed by atoms with Gasteiger partial charge in [0, 0.05) is 5.02 Å². The molecule has 0 spiro atoms. The average Bonchev–Trinajstić information content (AvgIpc) is 2.82. The molecule has 9 nitrogen and oxygen atoms in total. The maximum absolute atomic E-state index is 13.4. The third-order valence-corrected chi connectivity index (χ3v) is 5.31. The Kier molecular flexibility index (Phi) is 8.48. The molecule has 1 heterocycles. The SMILES string of the molecule is CCCOc1ccc(/N=c2\[nH]c(=O)n([C@@H](C)CC(=O)OC)c(=O)n2Cc2ccc(Cl)cc2)cc1. The summed E-state index contributed by atoms with van der Waals surface area (Å²) in [4.78, 5) is 45.1. The zero-order valence-corrected chi connectivity index (χ0v) is 20.0. The fourth-order valence-corrected chi connectivity index (χ4v) is 3.42. The van der Waals surface area contributed by atoms with Gasteiger partial charge in [0.2, 0.25) is 5.62 Å². The fourth-order valence-electron chi connectivity index (χ4n) is 3.30. The number of ether oxygens (including phenoxy) is 2. The van der Waals surface area contributed by atoms with Crippen molar-refractivity contribution in [3.05, 3.63) is 85.7 Å². The molecule has 0 bridgehead atoms. The molecule has 34 heavy (non-hydrogen) atoms. The Bertz CT molecular complexity index is 1310. The second-order valence-corrected chi connectivity index (χ2v) is 8.14. The second kappa shape index (κ2) is 11.5. The van der Waals surface area contributed by atoms with E-state index in [2.05, 4.69) is 14.7 Å². The van der Waals surface area contributed by atoms with Crippen LogP contribution in [0.3, 0.4) is 0 Å². The highest BCUT2D eigenvalue weighted by molar-refractivity contribution is 6.30. The molecule has 1 aromatic heterocycles. The van der Waals surface area contributed by atoms with E-state index in [0.29, 0.717) is 23.1 Å². The van der Waals surface area contributed by atoms with Crippen molar-refractivity contribution in [2.24, 2.45) is 4.99 Å². The van der Waals surface area contributed by atoms with E-state index in [0.717, 1.165) is 16.6 Å². The number of carbonyl (C=O) groups excluding carboxylic acids is 1. The summed E-state index contributed by atoms with van der Waals surface area (Å²) in [5.41, 5.74) is 0.121. The summed E-state index contributed by atoms with van der Waals surface area (Å²) in [5, 5.41) is 0.564. The number of aromatic amines is 1. The summed E-state index contributed by atoms with van der Waals surface area (Å²) in [6.45, 7) is 4.36. The minimum atomic E-state index is -0.718. The van der Waals surface area contributed by atoms with Gasteiger partial charge in [-0.3, -0.25) is 14.3 Å². The predicted molar refractivity (Wildman–Crippen MR) is 129 cm³/mol. The number of nitrogens with one attached hydrogen (secondary N) is 1. The molecule has 0 aliphatic rings. The highest BCUT2D eigenvalue weighted by Gasteiger charge is 2.18. The van der Waals surface area contributed by atoms with Crippen LogP contribution < -0.4 is 21.7 Å². The first-order valence-electron chi connectivity index (χ1n) is 10.9. The third kappa shape index (κ3) is 6.26. The number of halogens is 1. The average molecular weight is 487 g/mol. The van der Waals surface area contributed by atoms with E-state index in [9.17, 15) is 14.4 Å². The Hall–Kier alpha value is -3.59. The second-order valence-electron chi connectivity index (χ2n) is 7.70. The number of aromatic nitrogens is 3. The molecule has 10 heteroatoms. The number of esters is 1. The molecule has 0 radical (unpaired) electrons. The molecule has 0 aliphatic carbocycles. The standard InChI is InChI=1S/C24H27ClN4O5/c1-4-13-34-20-11-9-19(10-12-20)26-22-27-23(31)29(16(2)14-21(30)33-3)24(32)28(22)15-17-5-7-18(25)8-6-17/h5-12,16H,4,13-15H2,1-3H3,(H,26,27,31)/t16-/m0/s1. The molecular formula is C24H27ClN4O5. The first-order chi connectivity index (χ1) is 16.3. The summed E-state index contributed by atoms with van der Waals surface area (Å²) in [6, 6.07) is 13.3. The van der Waals surface area contributed by atoms with Gasteiger partial charge in [-0.1, -0.05) is 30.7 Å². The van der Waals surface area contributed by atoms with Crippen molar-refractivity contribution in [1.29, 1.82) is 0 Å². The summed E-state index contributed by atoms with van der Waals surface area (Å²) in [5.74, 6) is 0.178. The van der Waals surface area contributed by atoms with E-state index in [1.165, 1.54) is 11.7 Å². The minimum Gasteiger partial charge on any atom is -0.494 e. The van der Waals surface area contributed by atoms with Crippen LogP contribution in [0, 0.1) is 0 Å². The van der Waals surface area contributed by atoms with E-state index in [-0.39, 0.29) is 18.6 Å². The normalized spacial score (nSPS) is 12.4. The molecule has 0 fully saturated rings. The van der Waals surface area contributed by atoms with Gasteiger partial charge >= 0.3 is 17.3 Å². The van der Waals surface area contributed by atoms with Crippen LogP contribution >= 0.6 is 11.6 Å². The van der Waals surface area contributed by atoms with E-state index < -0.39 is 23.4 Å². The van der Waals surface area contributed by atoms with Gasteiger partial charge in [0.15, 0.2) is 0 Å². The van der Waals surface area contributed by atoms with Crippen LogP contribution in [0.1, 0.15) is 38.3 Å². The molecule has 0 amide bonds. The molecule has 3 aromatic rings. The summed E-state index contributed by atoms with van der Waals surface area (Å²) >= 11 is 5.99. The minimum absolute atomic E-state index is 0.0775. The number of hydrogen-bond acceptors (Lipinski definition) is 6. The van der Waals surface area contributed by atoms with Crippen LogP contribution in [0.4, 0.5) is 5.69 Å². The lowest BCUT2D eigenvalue weighted by Gasteiger charge is -2.15. The van der Waals surface area contributed by atoms with Gasteiger partial charge in [-0.05, 0) is 55.3 Å². The van der Waals surface area contributed by atoms with Crippen LogP contribution in [0.2, 0.25) is 5.02 Å². The van der Waals surface area contributed by atoms with Gasteiger partial charge in [0.05, 0.1) is 38.4 Å². The number of H-pyrrole nitrogens is 1. The number of benzene rings is 2. The summed E-state index contributed by atoms with van der Waals surface area (Å²) < 4.78 is 12.6. The third-order valence-electron chi connectivity index (χ3n) is 5.06. The van der Waals surface area contributed by atoms with Crippen LogP contribution in [0.25, 0.3) is 0 Å². The van der Waals surface area contributed by atoms with Crippen LogP contribution in [0.5, 0.6) is 5.75 Å².